The van der Waals surface area contributed by atoms with Crippen LogP contribution in [-0.4, -0.2) is 28.9 Å². The Kier molecular flexibility index (Phi) is 5.67. The molecule has 120 valence electrons. The molecule has 0 aliphatic carbocycles. The maximum atomic E-state index is 11.6. The number of phenols is 2. The van der Waals surface area contributed by atoms with E-state index in [1.807, 2.05) is 0 Å². The van der Waals surface area contributed by atoms with Crippen LogP contribution in [0.5, 0.6) is 17.2 Å². The molecule has 0 unspecified atom stereocenters. The van der Waals surface area contributed by atoms with Crippen LogP contribution in [0.2, 0.25) is 10.0 Å². The zero-order valence-electron chi connectivity index (χ0n) is 11.7. The number of aromatic hydroxyl groups is 2. The quantitative estimate of drug-likeness (QED) is 0.568. The van der Waals surface area contributed by atoms with E-state index in [4.69, 9.17) is 33.0 Å². The van der Waals surface area contributed by atoms with Crippen LogP contribution in [0.1, 0.15) is 5.56 Å². The van der Waals surface area contributed by atoms with Gasteiger partial charge in [0.1, 0.15) is 17.2 Å². The number of nitrogens with one attached hydrogen (secondary N) is 1. The Labute approximate surface area is 141 Å². The summed E-state index contributed by atoms with van der Waals surface area (Å²) in [7, 11) is 0. The molecule has 0 spiro atoms. The molecule has 6 nitrogen and oxygen atoms in total. The molecule has 0 bridgehead atoms. The number of hydrogen-bond donors (Lipinski definition) is 3. The van der Waals surface area contributed by atoms with Crippen molar-refractivity contribution in [1.82, 2.24) is 5.43 Å². The number of halogens is 2. The molecular weight excluding hydrogens is 343 g/mol. The summed E-state index contributed by atoms with van der Waals surface area (Å²) in [5.41, 5.74) is 2.57. The zero-order valence-corrected chi connectivity index (χ0v) is 13.2. The fourth-order valence-electron chi connectivity index (χ4n) is 1.58. The molecular formula is C15H12Cl2N2O4. The summed E-state index contributed by atoms with van der Waals surface area (Å²) in [6.07, 6.45) is 1.24. The Morgan fingerprint density at radius 3 is 2.70 bits per heavy atom. The average molecular weight is 355 g/mol. The van der Waals surface area contributed by atoms with Crippen molar-refractivity contribution in [3.8, 4) is 17.2 Å². The molecule has 0 saturated carbocycles. The minimum absolute atomic E-state index is 0.0723. The van der Waals surface area contributed by atoms with Gasteiger partial charge in [0, 0.05) is 16.7 Å². The second kappa shape index (κ2) is 7.71. The minimum Gasteiger partial charge on any atom is -0.508 e. The number of carbonyl (C=O) groups excluding carboxylic acids is 1. The molecule has 0 atom stereocenters. The summed E-state index contributed by atoms with van der Waals surface area (Å²) in [5, 5.41) is 23.1. The highest BCUT2D eigenvalue weighted by Gasteiger charge is 2.06. The molecule has 23 heavy (non-hydrogen) atoms. The fraction of sp³-hybridized carbons (Fsp3) is 0.0667. The highest BCUT2D eigenvalue weighted by molar-refractivity contribution is 6.35. The Balaban J connectivity index is 1.86. The highest BCUT2D eigenvalue weighted by Crippen LogP contribution is 2.27. The number of nitrogens with zero attached hydrogens (tertiary/aromatic N) is 1. The summed E-state index contributed by atoms with van der Waals surface area (Å²) >= 11 is 11.7. The van der Waals surface area contributed by atoms with E-state index in [0.29, 0.717) is 21.4 Å². The van der Waals surface area contributed by atoms with Crippen LogP contribution in [-0.2, 0) is 4.79 Å². The first kappa shape index (κ1) is 16.9. The number of amides is 1. The maximum absolute atomic E-state index is 11.6. The Morgan fingerprint density at radius 1 is 1.22 bits per heavy atom. The number of benzene rings is 2. The third-order valence-electron chi connectivity index (χ3n) is 2.66. The lowest BCUT2D eigenvalue weighted by Gasteiger charge is -2.07. The molecule has 0 aliphatic heterocycles. The molecule has 2 aromatic rings. The van der Waals surface area contributed by atoms with Crippen molar-refractivity contribution in [2.45, 2.75) is 0 Å². The number of hydrazone groups is 1. The number of carbonyl (C=O) groups is 1. The molecule has 0 radical (unpaired) electrons. The van der Waals surface area contributed by atoms with E-state index in [1.54, 1.807) is 12.1 Å². The first-order valence-corrected chi connectivity index (χ1v) is 7.13. The normalized spacial score (nSPS) is 10.7. The number of hydrogen-bond acceptors (Lipinski definition) is 5. The Bertz CT molecular complexity index is 750. The van der Waals surface area contributed by atoms with Crippen molar-refractivity contribution in [2.75, 3.05) is 6.61 Å². The molecule has 2 rings (SSSR count). The van der Waals surface area contributed by atoms with Gasteiger partial charge in [-0.3, -0.25) is 4.79 Å². The van der Waals surface area contributed by atoms with Gasteiger partial charge in [-0.25, -0.2) is 5.43 Å². The van der Waals surface area contributed by atoms with Crippen molar-refractivity contribution in [3.63, 3.8) is 0 Å². The standard InChI is InChI=1S/C15H12Cl2N2O4/c16-10-2-4-14(12(17)5-10)23-8-15(22)19-18-7-9-1-3-11(20)6-13(9)21/h1-7,20-21H,8H2,(H,19,22)/b18-7+. The summed E-state index contributed by atoms with van der Waals surface area (Å²) in [6.45, 7) is -0.291. The molecule has 8 heteroatoms. The van der Waals surface area contributed by atoms with Gasteiger partial charge in [-0.1, -0.05) is 23.2 Å². The van der Waals surface area contributed by atoms with Gasteiger partial charge >= 0.3 is 0 Å². The predicted molar refractivity (Wildman–Crippen MR) is 87.5 cm³/mol. The van der Waals surface area contributed by atoms with E-state index in [2.05, 4.69) is 10.5 Å². The molecule has 0 aromatic heterocycles. The van der Waals surface area contributed by atoms with Gasteiger partial charge < -0.3 is 14.9 Å². The second-order valence-electron chi connectivity index (χ2n) is 4.40. The van der Waals surface area contributed by atoms with Crippen LogP contribution in [0.3, 0.4) is 0 Å². The summed E-state index contributed by atoms with van der Waals surface area (Å²) in [6, 6.07) is 8.64. The molecule has 1 amide bonds. The van der Waals surface area contributed by atoms with Crippen LogP contribution in [0.15, 0.2) is 41.5 Å². The third-order valence-corrected chi connectivity index (χ3v) is 3.19. The molecule has 3 N–H and O–H groups in total. The van der Waals surface area contributed by atoms with Crippen molar-refractivity contribution in [2.24, 2.45) is 5.10 Å². The molecule has 0 saturated heterocycles. The van der Waals surface area contributed by atoms with Gasteiger partial charge in [0.15, 0.2) is 6.61 Å². The highest BCUT2D eigenvalue weighted by atomic mass is 35.5. The van der Waals surface area contributed by atoms with Gasteiger partial charge in [-0.05, 0) is 30.3 Å². The van der Waals surface area contributed by atoms with Gasteiger partial charge in [-0.15, -0.1) is 0 Å². The Hall–Kier alpha value is -2.44. The maximum Gasteiger partial charge on any atom is 0.277 e. The Morgan fingerprint density at radius 2 is 2.00 bits per heavy atom. The van der Waals surface area contributed by atoms with Crippen LogP contribution in [0.4, 0.5) is 0 Å². The zero-order chi connectivity index (χ0) is 16.8. The van der Waals surface area contributed by atoms with Crippen molar-refractivity contribution in [1.29, 1.82) is 0 Å². The third kappa shape index (κ3) is 5.05. The number of phenolic OH excluding ortho intramolecular Hbond substituents is 2. The van der Waals surface area contributed by atoms with E-state index in [-0.39, 0.29) is 18.1 Å². The lowest BCUT2D eigenvalue weighted by atomic mass is 10.2. The average Bonchev–Trinajstić information content (AvgIpc) is 2.48. The van der Waals surface area contributed by atoms with Crippen LogP contribution >= 0.6 is 23.2 Å². The summed E-state index contributed by atoms with van der Waals surface area (Å²) in [5.74, 6) is -0.416. The summed E-state index contributed by atoms with van der Waals surface area (Å²) in [4.78, 5) is 11.6. The first-order chi connectivity index (χ1) is 11.0. The molecule has 0 heterocycles. The van der Waals surface area contributed by atoms with Crippen LogP contribution in [0, 0.1) is 0 Å². The van der Waals surface area contributed by atoms with Crippen molar-refractivity contribution in [3.05, 3.63) is 52.0 Å². The lowest BCUT2D eigenvalue weighted by molar-refractivity contribution is -0.123. The fourth-order valence-corrected chi connectivity index (χ4v) is 2.05. The van der Waals surface area contributed by atoms with E-state index in [1.165, 1.54) is 24.4 Å². The number of ether oxygens (including phenoxy) is 1. The summed E-state index contributed by atoms with van der Waals surface area (Å²) < 4.78 is 5.24. The topological polar surface area (TPSA) is 91.2 Å². The van der Waals surface area contributed by atoms with Gasteiger partial charge in [0.05, 0.1) is 11.2 Å². The van der Waals surface area contributed by atoms with E-state index >= 15 is 0 Å². The van der Waals surface area contributed by atoms with Gasteiger partial charge in [0.2, 0.25) is 0 Å². The number of rotatable bonds is 5. The predicted octanol–water partition coefficient (Wildman–Crippen LogP) is 2.93. The molecule has 2 aromatic carbocycles. The van der Waals surface area contributed by atoms with Gasteiger partial charge in [-0.2, -0.15) is 5.10 Å². The molecule has 0 fully saturated rings. The minimum atomic E-state index is -0.509. The lowest BCUT2D eigenvalue weighted by Crippen LogP contribution is -2.24. The smallest absolute Gasteiger partial charge is 0.277 e. The van der Waals surface area contributed by atoms with Crippen LogP contribution in [0.25, 0.3) is 0 Å². The largest absolute Gasteiger partial charge is 0.508 e. The monoisotopic (exact) mass is 354 g/mol. The first-order valence-electron chi connectivity index (χ1n) is 6.37. The second-order valence-corrected chi connectivity index (χ2v) is 5.24. The van der Waals surface area contributed by atoms with E-state index in [0.717, 1.165) is 6.07 Å². The van der Waals surface area contributed by atoms with E-state index in [9.17, 15) is 9.90 Å². The van der Waals surface area contributed by atoms with E-state index < -0.39 is 5.91 Å². The SMILES string of the molecule is O=C(COc1ccc(Cl)cc1Cl)N/N=C/c1ccc(O)cc1O. The van der Waals surface area contributed by atoms with Gasteiger partial charge in [0.25, 0.3) is 5.91 Å². The molecule has 0 aliphatic rings. The van der Waals surface area contributed by atoms with Crippen molar-refractivity contribution < 1.29 is 19.7 Å². The van der Waals surface area contributed by atoms with Crippen molar-refractivity contribution >= 4 is 35.3 Å². The van der Waals surface area contributed by atoms with Crippen LogP contribution < -0.4 is 10.2 Å².